The van der Waals surface area contributed by atoms with E-state index in [4.69, 9.17) is 23.4 Å². The lowest BCUT2D eigenvalue weighted by molar-refractivity contribution is -0.169. The predicted molar refractivity (Wildman–Crippen MR) is 181 cm³/mol. The number of amides is 1. The van der Waals surface area contributed by atoms with Gasteiger partial charge in [-0.15, -0.1) is 0 Å². The molecule has 8 nitrogen and oxygen atoms in total. The first-order chi connectivity index (χ1) is 21.8. The first-order valence-electron chi connectivity index (χ1n) is 17.4. The Balaban J connectivity index is 1.31. The van der Waals surface area contributed by atoms with Crippen LogP contribution in [0.1, 0.15) is 71.8 Å². The van der Waals surface area contributed by atoms with Crippen molar-refractivity contribution in [2.75, 3.05) is 40.6 Å². The quantitative estimate of drug-likeness (QED) is 0.0978. The van der Waals surface area contributed by atoms with E-state index in [-0.39, 0.29) is 34.5 Å². The van der Waals surface area contributed by atoms with Crippen LogP contribution in [0.2, 0.25) is 18.1 Å². The normalized spacial score (nSPS) is 31.1. The summed E-state index contributed by atoms with van der Waals surface area (Å²) in [6, 6.07) is 5.74. The van der Waals surface area contributed by atoms with Crippen LogP contribution in [0, 0.1) is 35.5 Å². The van der Waals surface area contributed by atoms with Crippen molar-refractivity contribution in [3.63, 3.8) is 0 Å². The van der Waals surface area contributed by atoms with E-state index in [1.54, 1.807) is 14.2 Å². The molecular formula is C37H57NO7Si. The van der Waals surface area contributed by atoms with Gasteiger partial charge in [0.1, 0.15) is 17.4 Å². The molecule has 46 heavy (non-hydrogen) atoms. The topological polar surface area (TPSA) is 83.5 Å². The van der Waals surface area contributed by atoms with Gasteiger partial charge in [-0.25, -0.2) is 0 Å². The van der Waals surface area contributed by atoms with E-state index >= 15 is 0 Å². The second-order valence-corrected chi connectivity index (χ2v) is 20.3. The molecule has 1 amide bonds. The van der Waals surface area contributed by atoms with Crippen LogP contribution in [0.4, 0.5) is 0 Å². The van der Waals surface area contributed by atoms with Crippen LogP contribution in [0.3, 0.4) is 0 Å². The molecule has 0 N–H and O–H groups in total. The average Bonchev–Trinajstić information content (AvgIpc) is 3.52. The summed E-state index contributed by atoms with van der Waals surface area (Å²) in [7, 11) is 1.20. The SMILES string of the molecule is COc1ccc(COCCO[C@]23CC(C(=O)[C@@H]4[C@H]5CCCC[C@@H]5C=C[C@@H]4C)C(=O)N2CC[C@H]3CO[Si](C)(C)C(C)(C)C)cc1OC. The Morgan fingerprint density at radius 3 is 2.48 bits per heavy atom. The summed E-state index contributed by atoms with van der Waals surface area (Å²) >= 11 is 0. The summed E-state index contributed by atoms with van der Waals surface area (Å²) in [5.41, 5.74) is 0.115. The maximum absolute atomic E-state index is 14.4. The monoisotopic (exact) mass is 655 g/mol. The van der Waals surface area contributed by atoms with E-state index in [1.807, 2.05) is 23.1 Å². The third-order valence-electron chi connectivity index (χ3n) is 11.8. The highest BCUT2D eigenvalue weighted by Gasteiger charge is 2.62. The summed E-state index contributed by atoms with van der Waals surface area (Å²) < 4.78 is 30.3. The van der Waals surface area contributed by atoms with E-state index in [1.165, 1.54) is 12.8 Å². The van der Waals surface area contributed by atoms with E-state index in [9.17, 15) is 9.59 Å². The fourth-order valence-electron chi connectivity index (χ4n) is 8.12. The first-order valence-corrected chi connectivity index (χ1v) is 20.3. The van der Waals surface area contributed by atoms with Gasteiger partial charge in [-0.05, 0) is 72.8 Å². The summed E-state index contributed by atoms with van der Waals surface area (Å²) in [5.74, 6) is 1.58. The van der Waals surface area contributed by atoms with Crippen molar-refractivity contribution >= 4 is 20.0 Å². The van der Waals surface area contributed by atoms with Crippen molar-refractivity contribution in [3.8, 4) is 11.5 Å². The lowest BCUT2D eigenvalue weighted by Crippen LogP contribution is -2.50. The Bertz CT molecular complexity index is 1270. The van der Waals surface area contributed by atoms with Gasteiger partial charge in [0, 0.05) is 31.4 Å². The van der Waals surface area contributed by atoms with Crippen molar-refractivity contribution < 1.29 is 33.0 Å². The van der Waals surface area contributed by atoms with E-state index in [0.717, 1.165) is 24.8 Å². The molecule has 2 saturated heterocycles. The molecular weight excluding hydrogens is 598 g/mol. The van der Waals surface area contributed by atoms with Crippen molar-refractivity contribution in [1.29, 1.82) is 0 Å². The highest BCUT2D eigenvalue weighted by molar-refractivity contribution is 6.74. The van der Waals surface area contributed by atoms with Crippen LogP contribution >= 0.6 is 0 Å². The number of hydrogen-bond donors (Lipinski definition) is 0. The minimum absolute atomic E-state index is 0.000304. The molecule has 2 aliphatic heterocycles. The van der Waals surface area contributed by atoms with Crippen molar-refractivity contribution in [2.24, 2.45) is 35.5 Å². The van der Waals surface area contributed by atoms with Gasteiger partial charge in [-0.2, -0.15) is 0 Å². The van der Waals surface area contributed by atoms with Crippen LogP contribution < -0.4 is 9.47 Å². The smallest absolute Gasteiger partial charge is 0.235 e. The summed E-state index contributed by atoms with van der Waals surface area (Å²) in [4.78, 5) is 30.5. The highest BCUT2D eigenvalue weighted by Crippen LogP contribution is 2.51. The Morgan fingerprint density at radius 2 is 1.76 bits per heavy atom. The van der Waals surface area contributed by atoms with Gasteiger partial charge < -0.3 is 28.3 Å². The molecule has 7 atom stereocenters. The Morgan fingerprint density at radius 1 is 1.02 bits per heavy atom. The molecule has 0 bridgehead atoms. The van der Waals surface area contributed by atoms with Gasteiger partial charge >= 0.3 is 0 Å². The number of carbonyl (C=O) groups excluding carboxylic acids is 2. The van der Waals surface area contributed by atoms with Gasteiger partial charge in [0.2, 0.25) is 5.91 Å². The van der Waals surface area contributed by atoms with E-state index in [2.05, 4.69) is 52.9 Å². The zero-order valence-electron chi connectivity index (χ0n) is 29.4. The van der Waals surface area contributed by atoms with Crippen LogP contribution in [-0.2, 0) is 30.1 Å². The van der Waals surface area contributed by atoms with Crippen LogP contribution in [0.5, 0.6) is 11.5 Å². The van der Waals surface area contributed by atoms with E-state index < -0.39 is 20.0 Å². The molecule has 256 valence electrons. The minimum Gasteiger partial charge on any atom is -0.493 e. The third-order valence-corrected chi connectivity index (χ3v) is 16.3. The number of hydrogen-bond acceptors (Lipinski definition) is 7. The van der Waals surface area contributed by atoms with Crippen LogP contribution in [0.25, 0.3) is 0 Å². The Labute approximate surface area is 277 Å². The number of ether oxygens (including phenoxy) is 4. The molecule has 1 aromatic rings. The van der Waals surface area contributed by atoms with Crippen molar-refractivity contribution in [1.82, 2.24) is 4.90 Å². The van der Waals surface area contributed by atoms with Gasteiger partial charge in [0.25, 0.3) is 0 Å². The lowest BCUT2D eigenvalue weighted by atomic mass is 9.62. The molecule has 1 aromatic carbocycles. The fourth-order valence-corrected chi connectivity index (χ4v) is 9.17. The molecule has 9 heteroatoms. The largest absolute Gasteiger partial charge is 0.493 e. The number of methoxy groups -OCH3 is 2. The predicted octanol–water partition coefficient (Wildman–Crippen LogP) is 7.02. The number of Topliss-reactive ketones (excluding diaryl/α,β-unsaturated/α-hetero) is 1. The number of fused-ring (bicyclic) bond motifs is 2. The number of nitrogens with zero attached hydrogens (tertiary/aromatic N) is 1. The molecule has 1 saturated carbocycles. The molecule has 0 spiro atoms. The summed E-state index contributed by atoms with van der Waals surface area (Å²) in [5, 5.41) is 0.0719. The standard InChI is InChI=1S/C37H57NO7Si/c1-25-13-15-27-11-9-10-12-29(27)33(25)34(39)30-22-37(44-20-19-43-23-26-14-16-31(41-5)32(21-26)42-6)28(17-18-38(37)35(30)40)24-45-46(7,8)36(2,3)4/h13-16,21,25,27-30,33H,9-12,17-20,22-24H2,1-8H3/t25-,27+,28-,29-,30?,33-,37-/m0/s1. The molecule has 3 fully saturated rings. The molecule has 0 radical (unpaired) electrons. The summed E-state index contributed by atoms with van der Waals surface area (Å²) in [6.07, 6.45) is 10.4. The second-order valence-electron chi connectivity index (χ2n) is 15.5. The molecule has 4 aliphatic rings. The number of rotatable bonds is 13. The first kappa shape index (κ1) is 35.1. The molecule has 2 aliphatic carbocycles. The average molecular weight is 656 g/mol. The Kier molecular flexibility index (Phi) is 10.8. The highest BCUT2D eigenvalue weighted by atomic mass is 28.4. The van der Waals surface area contributed by atoms with Gasteiger partial charge in [0.05, 0.1) is 34.0 Å². The molecule has 2 heterocycles. The maximum Gasteiger partial charge on any atom is 0.235 e. The summed E-state index contributed by atoms with van der Waals surface area (Å²) in [6.45, 7) is 15.6. The van der Waals surface area contributed by atoms with Gasteiger partial charge in [-0.3, -0.25) is 9.59 Å². The van der Waals surface area contributed by atoms with E-state index in [0.29, 0.717) is 62.7 Å². The van der Waals surface area contributed by atoms with Crippen molar-refractivity contribution in [2.45, 2.75) is 96.7 Å². The molecule has 1 unspecified atom stereocenters. The maximum atomic E-state index is 14.4. The number of allylic oxidation sites excluding steroid dienone is 2. The zero-order valence-corrected chi connectivity index (χ0v) is 30.4. The number of benzene rings is 1. The van der Waals surface area contributed by atoms with Gasteiger partial charge in [0.15, 0.2) is 19.8 Å². The number of ketones is 1. The van der Waals surface area contributed by atoms with Crippen LogP contribution in [-0.4, -0.2) is 71.2 Å². The number of carbonyl (C=O) groups is 2. The Hall–Kier alpha value is -2.20. The zero-order chi connectivity index (χ0) is 33.3. The van der Waals surface area contributed by atoms with Crippen LogP contribution in [0.15, 0.2) is 30.4 Å². The third kappa shape index (κ3) is 6.85. The molecule has 0 aromatic heterocycles. The molecule has 5 rings (SSSR count). The van der Waals surface area contributed by atoms with Gasteiger partial charge in [-0.1, -0.05) is 58.8 Å². The second kappa shape index (κ2) is 14.1. The fraction of sp³-hybridized carbons (Fsp3) is 0.730. The lowest BCUT2D eigenvalue weighted by Gasteiger charge is -2.41. The minimum atomic E-state index is -2.03. The van der Waals surface area contributed by atoms with Crippen molar-refractivity contribution in [3.05, 3.63) is 35.9 Å².